The highest BCUT2D eigenvalue weighted by Crippen LogP contribution is 2.18. The Morgan fingerprint density at radius 2 is 1.83 bits per heavy atom. The highest BCUT2D eigenvalue weighted by molar-refractivity contribution is 5.98. The van der Waals surface area contributed by atoms with Gasteiger partial charge in [0.1, 0.15) is 11.4 Å². The highest BCUT2D eigenvalue weighted by Gasteiger charge is 2.27. The first-order valence-electron chi connectivity index (χ1n) is 9.46. The molecule has 0 fully saturated rings. The average molecular weight is 390 g/mol. The Morgan fingerprint density at radius 1 is 1.07 bits per heavy atom. The number of carbonyl (C=O) groups is 2. The van der Waals surface area contributed by atoms with E-state index in [0.717, 1.165) is 16.9 Å². The fourth-order valence-corrected chi connectivity index (χ4v) is 3.32. The van der Waals surface area contributed by atoms with Crippen LogP contribution in [0.5, 0.6) is 5.75 Å². The van der Waals surface area contributed by atoms with Crippen molar-refractivity contribution < 1.29 is 14.3 Å². The summed E-state index contributed by atoms with van der Waals surface area (Å²) in [6.07, 6.45) is 0. The van der Waals surface area contributed by atoms with Crippen molar-refractivity contribution in [3.63, 3.8) is 0 Å². The molecule has 1 aliphatic heterocycles. The molecule has 1 aromatic heterocycles. The third-order valence-electron chi connectivity index (χ3n) is 4.93. The van der Waals surface area contributed by atoms with Gasteiger partial charge in [0.05, 0.1) is 13.7 Å². The number of carbonyl (C=O) groups excluding carboxylic acids is 2. The highest BCUT2D eigenvalue weighted by atomic mass is 16.5. The first-order valence-corrected chi connectivity index (χ1v) is 9.46. The molecule has 0 bridgehead atoms. The summed E-state index contributed by atoms with van der Waals surface area (Å²) in [6, 6.07) is 18.9. The predicted molar refractivity (Wildman–Crippen MR) is 108 cm³/mol. The third-order valence-corrected chi connectivity index (χ3v) is 4.93. The number of rotatable bonds is 6. The molecule has 0 aliphatic carbocycles. The van der Waals surface area contributed by atoms with E-state index in [1.54, 1.807) is 22.8 Å². The second-order valence-electron chi connectivity index (χ2n) is 6.88. The maximum Gasteiger partial charge on any atom is 0.272 e. The van der Waals surface area contributed by atoms with Crippen molar-refractivity contribution in [2.45, 2.75) is 19.6 Å². The van der Waals surface area contributed by atoms with Gasteiger partial charge in [0, 0.05) is 25.7 Å². The van der Waals surface area contributed by atoms with Crippen molar-refractivity contribution in [1.82, 2.24) is 20.0 Å². The topological polar surface area (TPSA) is 76.5 Å². The quantitative estimate of drug-likeness (QED) is 0.702. The molecular formula is C22H22N4O3. The van der Waals surface area contributed by atoms with E-state index in [9.17, 15) is 9.59 Å². The zero-order valence-corrected chi connectivity index (χ0v) is 16.2. The largest absolute Gasteiger partial charge is 0.497 e. The normalized spacial score (nSPS) is 13.1. The lowest BCUT2D eigenvalue weighted by atomic mass is 10.1. The van der Waals surface area contributed by atoms with Crippen LogP contribution in [0.3, 0.4) is 0 Å². The number of fused-ring (bicyclic) bond motifs is 1. The van der Waals surface area contributed by atoms with Crippen LogP contribution in [0.1, 0.15) is 32.1 Å². The number of ether oxygens (including phenoxy) is 1. The van der Waals surface area contributed by atoms with E-state index in [-0.39, 0.29) is 17.5 Å². The van der Waals surface area contributed by atoms with Crippen LogP contribution in [0.25, 0.3) is 0 Å². The molecule has 1 N–H and O–H groups in total. The molecule has 0 saturated carbocycles. The minimum atomic E-state index is -0.287. The fraction of sp³-hybridized carbons (Fsp3) is 0.227. The van der Waals surface area contributed by atoms with E-state index in [1.165, 1.54) is 0 Å². The maximum absolute atomic E-state index is 12.9. The van der Waals surface area contributed by atoms with E-state index in [4.69, 9.17) is 4.74 Å². The van der Waals surface area contributed by atoms with Crippen molar-refractivity contribution in [1.29, 1.82) is 0 Å². The van der Waals surface area contributed by atoms with E-state index in [0.29, 0.717) is 31.9 Å². The van der Waals surface area contributed by atoms with E-state index < -0.39 is 0 Å². The Kier molecular flexibility index (Phi) is 5.29. The third kappa shape index (κ3) is 4.13. The first kappa shape index (κ1) is 18.7. The second-order valence-corrected chi connectivity index (χ2v) is 6.88. The van der Waals surface area contributed by atoms with Crippen molar-refractivity contribution in [2.75, 3.05) is 13.7 Å². The number of benzene rings is 2. The minimum absolute atomic E-state index is 0.123. The van der Waals surface area contributed by atoms with Gasteiger partial charge in [0.15, 0.2) is 5.69 Å². The van der Waals surface area contributed by atoms with Gasteiger partial charge in [-0.05, 0) is 23.3 Å². The van der Waals surface area contributed by atoms with Gasteiger partial charge in [0.25, 0.3) is 11.8 Å². The molecule has 0 atom stereocenters. The van der Waals surface area contributed by atoms with E-state index in [1.807, 2.05) is 54.6 Å². The SMILES string of the molecule is COc1ccc(CN2CCn3nc(C(=O)NCc4ccccc4)cc3C2=O)cc1. The molecule has 0 saturated heterocycles. The summed E-state index contributed by atoms with van der Waals surface area (Å²) in [5, 5.41) is 7.17. The molecule has 2 aromatic carbocycles. The van der Waals surface area contributed by atoms with Crippen LogP contribution in [0.15, 0.2) is 60.7 Å². The molecule has 148 valence electrons. The molecule has 7 nitrogen and oxygen atoms in total. The Labute approximate surface area is 168 Å². The number of nitrogens with one attached hydrogen (secondary N) is 1. The van der Waals surface area contributed by atoms with Gasteiger partial charge in [-0.1, -0.05) is 42.5 Å². The molecular weight excluding hydrogens is 368 g/mol. The van der Waals surface area contributed by atoms with Crippen LogP contribution in [-0.2, 0) is 19.6 Å². The summed E-state index contributed by atoms with van der Waals surface area (Å²) >= 11 is 0. The Morgan fingerprint density at radius 3 is 2.55 bits per heavy atom. The molecule has 29 heavy (non-hydrogen) atoms. The van der Waals surface area contributed by atoms with Gasteiger partial charge < -0.3 is 15.0 Å². The molecule has 7 heteroatoms. The van der Waals surface area contributed by atoms with Gasteiger partial charge >= 0.3 is 0 Å². The van der Waals surface area contributed by atoms with Gasteiger partial charge in [-0.2, -0.15) is 5.10 Å². The lowest BCUT2D eigenvalue weighted by molar-refractivity contribution is 0.0683. The predicted octanol–water partition coefficient (Wildman–Crippen LogP) is 2.48. The van der Waals surface area contributed by atoms with Crippen LogP contribution >= 0.6 is 0 Å². The van der Waals surface area contributed by atoms with Gasteiger partial charge in [-0.15, -0.1) is 0 Å². The van der Waals surface area contributed by atoms with Crippen molar-refractivity contribution in [2.24, 2.45) is 0 Å². The van der Waals surface area contributed by atoms with Crippen LogP contribution < -0.4 is 10.1 Å². The molecule has 0 spiro atoms. The van der Waals surface area contributed by atoms with Crippen LogP contribution in [-0.4, -0.2) is 40.1 Å². The number of hydrogen-bond donors (Lipinski definition) is 1. The zero-order valence-electron chi connectivity index (χ0n) is 16.2. The molecule has 0 radical (unpaired) electrons. The minimum Gasteiger partial charge on any atom is -0.497 e. The molecule has 0 unspecified atom stereocenters. The van der Waals surface area contributed by atoms with E-state index >= 15 is 0 Å². The summed E-state index contributed by atoms with van der Waals surface area (Å²) in [7, 11) is 1.62. The molecule has 4 rings (SSSR count). The number of amides is 2. The Balaban J connectivity index is 1.42. The van der Waals surface area contributed by atoms with Crippen molar-refractivity contribution in [3.05, 3.63) is 83.2 Å². The standard InChI is InChI=1S/C22H22N4O3/c1-29-18-9-7-17(8-10-18)15-25-11-12-26-20(22(25)28)13-19(24-26)21(27)23-14-16-5-3-2-4-6-16/h2-10,13H,11-12,14-15H2,1H3,(H,23,27). The summed E-state index contributed by atoms with van der Waals surface area (Å²) in [5.74, 6) is 0.370. The fourth-order valence-electron chi connectivity index (χ4n) is 3.32. The number of methoxy groups -OCH3 is 1. The van der Waals surface area contributed by atoms with Crippen LogP contribution in [0, 0.1) is 0 Å². The number of nitrogens with zero attached hydrogens (tertiary/aromatic N) is 3. The molecule has 3 aromatic rings. The van der Waals surface area contributed by atoms with Crippen LogP contribution in [0.2, 0.25) is 0 Å². The van der Waals surface area contributed by atoms with Crippen LogP contribution in [0.4, 0.5) is 0 Å². The zero-order chi connectivity index (χ0) is 20.2. The van der Waals surface area contributed by atoms with E-state index in [2.05, 4.69) is 10.4 Å². The summed E-state index contributed by atoms with van der Waals surface area (Å²) in [4.78, 5) is 27.1. The summed E-state index contributed by atoms with van der Waals surface area (Å²) in [6.45, 7) is 2.02. The van der Waals surface area contributed by atoms with Gasteiger partial charge in [-0.25, -0.2) is 0 Å². The molecule has 2 heterocycles. The monoisotopic (exact) mass is 390 g/mol. The first-order chi connectivity index (χ1) is 14.1. The van der Waals surface area contributed by atoms with Crippen molar-refractivity contribution in [3.8, 4) is 5.75 Å². The van der Waals surface area contributed by atoms with Crippen molar-refractivity contribution >= 4 is 11.8 Å². The number of aromatic nitrogens is 2. The molecule has 1 aliphatic rings. The number of hydrogen-bond acceptors (Lipinski definition) is 4. The lowest BCUT2D eigenvalue weighted by Gasteiger charge is -2.27. The Bertz CT molecular complexity index is 1010. The lowest BCUT2D eigenvalue weighted by Crippen LogP contribution is -2.39. The summed E-state index contributed by atoms with van der Waals surface area (Å²) in [5.41, 5.74) is 2.73. The Hall–Kier alpha value is -3.61. The second kappa shape index (κ2) is 8.18. The summed E-state index contributed by atoms with van der Waals surface area (Å²) < 4.78 is 6.79. The average Bonchev–Trinajstić information content (AvgIpc) is 3.21. The smallest absolute Gasteiger partial charge is 0.272 e. The van der Waals surface area contributed by atoms with Gasteiger partial charge in [-0.3, -0.25) is 14.3 Å². The van der Waals surface area contributed by atoms with Gasteiger partial charge in [0.2, 0.25) is 0 Å². The maximum atomic E-state index is 12.9. The molecule has 2 amide bonds.